The van der Waals surface area contributed by atoms with Gasteiger partial charge in [-0.15, -0.1) is 0 Å². The van der Waals surface area contributed by atoms with Gasteiger partial charge in [-0.2, -0.15) is 0 Å². The Morgan fingerprint density at radius 3 is 2.75 bits per heavy atom. The second kappa shape index (κ2) is 6.38. The van der Waals surface area contributed by atoms with Gasteiger partial charge < -0.3 is 21.0 Å². The standard InChI is InChI=1S/C14H19N3O3/c1-9-11(7-8-20-9)16-14(18)12(13(15)17-19)10-5-3-2-4-6-10/h2-6,9,11-12,19H,7-8H2,1H3,(H2,15,17)(H,16,18). The number of rotatable bonds is 4. The summed E-state index contributed by atoms with van der Waals surface area (Å²) in [6.45, 7) is 2.55. The zero-order valence-electron chi connectivity index (χ0n) is 11.3. The highest BCUT2D eigenvalue weighted by Crippen LogP contribution is 2.19. The van der Waals surface area contributed by atoms with Gasteiger partial charge in [-0.3, -0.25) is 4.79 Å². The molecule has 0 bridgehead atoms. The number of benzene rings is 1. The average Bonchev–Trinajstić information content (AvgIpc) is 2.85. The van der Waals surface area contributed by atoms with E-state index < -0.39 is 5.92 Å². The Morgan fingerprint density at radius 1 is 1.50 bits per heavy atom. The summed E-state index contributed by atoms with van der Waals surface area (Å²) in [7, 11) is 0. The predicted octanol–water partition coefficient (Wildman–Crippen LogP) is 0.810. The summed E-state index contributed by atoms with van der Waals surface area (Å²) >= 11 is 0. The van der Waals surface area contributed by atoms with Crippen molar-refractivity contribution >= 4 is 11.7 Å². The van der Waals surface area contributed by atoms with Crippen LogP contribution in [0.3, 0.4) is 0 Å². The fourth-order valence-corrected chi connectivity index (χ4v) is 2.35. The molecule has 0 aromatic heterocycles. The van der Waals surface area contributed by atoms with Crippen molar-refractivity contribution in [1.82, 2.24) is 5.32 Å². The third-order valence-corrected chi connectivity index (χ3v) is 3.51. The van der Waals surface area contributed by atoms with Gasteiger partial charge in [0.05, 0.1) is 12.1 Å². The molecule has 0 saturated carbocycles. The van der Waals surface area contributed by atoms with Gasteiger partial charge in [0, 0.05) is 6.61 Å². The zero-order chi connectivity index (χ0) is 14.5. The van der Waals surface area contributed by atoms with Crippen molar-refractivity contribution in [2.75, 3.05) is 6.61 Å². The number of ether oxygens (including phenoxy) is 1. The van der Waals surface area contributed by atoms with Crippen LogP contribution in [-0.4, -0.2) is 35.7 Å². The highest BCUT2D eigenvalue weighted by atomic mass is 16.5. The molecule has 0 radical (unpaired) electrons. The normalized spacial score (nSPS) is 24.4. The molecule has 108 valence electrons. The van der Waals surface area contributed by atoms with Crippen molar-refractivity contribution in [2.24, 2.45) is 10.9 Å². The van der Waals surface area contributed by atoms with Crippen LogP contribution in [0.4, 0.5) is 0 Å². The van der Waals surface area contributed by atoms with E-state index in [4.69, 9.17) is 15.7 Å². The number of nitrogens with one attached hydrogen (secondary N) is 1. The molecular weight excluding hydrogens is 258 g/mol. The second-order valence-corrected chi connectivity index (χ2v) is 4.85. The monoisotopic (exact) mass is 277 g/mol. The summed E-state index contributed by atoms with van der Waals surface area (Å²) in [5, 5.41) is 14.8. The minimum Gasteiger partial charge on any atom is -0.409 e. The summed E-state index contributed by atoms with van der Waals surface area (Å²) < 4.78 is 5.41. The third kappa shape index (κ3) is 3.08. The van der Waals surface area contributed by atoms with Gasteiger partial charge in [-0.1, -0.05) is 35.5 Å². The molecule has 6 heteroatoms. The average molecular weight is 277 g/mol. The Hall–Kier alpha value is -2.08. The summed E-state index contributed by atoms with van der Waals surface area (Å²) in [4.78, 5) is 12.4. The second-order valence-electron chi connectivity index (χ2n) is 4.85. The van der Waals surface area contributed by atoms with Crippen LogP contribution in [0.25, 0.3) is 0 Å². The van der Waals surface area contributed by atoms with Gasteiger partial charge in [-0.05, 0) is 18.9 Å². The van der Waals surface area contributed by atoms with Crippen LogP contribution in [0.1, 0.15) is 24.8 Å². The number of hydrogen-bond donors (Lipinski definition) is 3. The van der Waals surface area contributed by atoms with Crippen molar-refractivity contribution in [1.29, 1.82) is 0 Å². The number of amidine groups is 1. The predicted molar refractivity (Wildman–Crippen MR) is 74.6 cm³/mol. The molecule has 1 aromatic carbocycles. The van der Waals surface area contributed by atoms with Crippen molar-refractivity contribution in [3.8, 4) is 0 Å². The minimum absolute atomic E-state index is 0.0253. The number of nitrogens with two attached hydrogens (primary N) is 1. The van der Waals surface area contributed by atoms with Gasteiger partial charge in [0.1, 0.15) is 5.92 Å². The summed E-state index contributed by atoms with van der Waals surface area (Å²) in [6.07, 6.45) is 0.743. The quantitative estimate of drug-likeness (QED) is 0.328. The van der Waals surface area contributed by atoms with E-state index in [1.807, 2.05) is 25.1 Å². The Balaban J connectivity index is 2.17. The first kappa shape index (κ1) is 14.3. The summed E-state index contributed by atoms with van der Waals surface area (Å²) in [6, 6.07) is 8.97. The van der Waals surface area contributed by atoms with E-state index in [-0.39, 0.29) is 23.9 Å². The molecular formula is C14H19N3O3. The van der Waals surface area contributed by atoms with Gasteiger partial charge in [-0.25, -0.2) is 0 Å². The SMILES string of the molecule is CC1OCCC1NC(=O)C(/C(N)=N/O)c1ccccc1. The van der Waals surface area contributed by atoms with Crippen LogP contribution >= 0.6 is 0 Å². The molecule has 1 aromatic rings. The van der Waals surface area contributed by atoms with Crippen LogP contribution < -0.4 is 11.1 Å². The Labute approximate surface area is 117 Å². The molecule has 1 saturated heterocycles. The van der Waals surface area contributed by atoms with Crippen molar-refractivity contribution in [3.63, 3.8) is 0 Å². The van der Waals surface area contributed by atoms with Crippen LogP contribution in [0.5, 0.6) is 0 Å². The largest absolute Gasteiger partial charge is 0.409 e. The van der Waals surface area contributed by atoms with E-state index in [9.17, 15) is 4.79 Å². The molecule has 0 spiro atoms. The molecule has 3 atom stereocenters. The van der Waals surface area contributed by atoms with E-state index in [2.05, 4.69) is 10.5 Å². The summed E-state index contributed by atoms with van der Waals surface area (Å²) in [5.74, 6) is -1.21. The number of amides is 1. The summed E-state index contributed by atoms with van der Waals surface area (Å²) in [5.41, 5.74) is 6.35. The van der Waals surface area contributed by atoms with Crippen molar-refractivity contribution < 1.29 is 14.7 Å². The molecule has 20 heavy (non-hydrogen) atoms. The molecule has 1 amide bonds. The van der Waals surface area contributed by atoms with Gasteiger partial charge in [0.2, 0.25) is 5.91 Å². The van der Waals surface area contributed by atoms with Crippen LogP contribution in [-0.2, 0) is 9.53 Å². The maximum Gasteiger partial charge on any atom is 0.235 e. The lowest BCUT2D eigenvalue weighted by Crippen LogP contribution is -2.44. The number of nitrogens with zero attached hydrogens (tertiary/aromatic N) is 1. The van der Waals surface area contributed by atoms with Gasteiger partial charge in [0.15, 0.2) is 5.84 Å². The number of carbonyl (C=O) groups is 1. The molecule has 1 aliphatic heterocycles. The molecule has 3 unspecified atom stereocenters. The molecule has 6 nitrogen and oxygen atoms in total. The van der Waals surface area contributed by atoms with Gasteiger partial charge in [0.25, 0.3) is 0 Å². The molecule has 4 N–H and O–H groups in total. The number of hydrogen-bond acceptors (Lipinski definition) is 4. The lowest BCUT2D eigenvalue weighted by molar-refractivity contribution is -0.122. The van der Waals surface area contributed by atoms with Gasteiger partial charge >= 0.3 is 0 Å². The number of oxime groups is 1. The highest BCUT2D eigenvalue weighted by molar-refractivity contribution is 6.07. The fourth-order valence-electron chi connectivity index (χ4n) is 2.35. The minimum atomic E-state index is -0.797. The van der Waals surface area contributed by atoms with E-state index in [0.717, 1.165) is 6.42 Å². The van der Waals surface area contributed by atoms with E-state index in [0.29, 0.717) is 12.2 Å². The molecule has 1 fully saturated rings. The fraction of sp³-hybridized carbons (Fsp3) is 0.429. The first-order chi connectivity index (χ1) is 9.63. The first-order valence-electron chi connectivity index (χ1n) is 6.58. The first-order valence-corrected chi connectivity index (χ1v) is 6.58. The maximum atomic E-state index is 12.4. The lowest BCUT2D eigenvalue weighted by Gasteiger charge is -2.21. The number of carbonyl (C=O) groups excluding carboxylic acids is 1. The third-order valence-electron chi connectivity index (χ3n) is 3.51. The zero-order valence-corrected chi connectivity index (χ0v) is 11.3. The van der Waals surface area contributed by atoms with E-state index >= 15 is 0 Å². The van der Waals surface area contributed by atoms with Crippen LogP contribution in [0.2, 0.25) is 0 Å². The molecule has 1 heterocycles. The lowest BCUT2D eigenvalue weighted by atomic mass is 9.96. The molecule has 1 aliphatic rings. The van der Waals surface area contributed by atoms with E-state index in [1.54, 1.807) is 12.1 Å². The smallest absolute Gasteiger partial charge is 0.235 e. The highest BCUT2D eigenvalue weighted by Gasteiger charge is 2.31. The van der Waals surface area contributed by atoms with Crippen molar-refractivity contribution in [3.05, 3.63) is 35.9 Å². The topological polar surface area (TPSA) is 96.9 Å². The maximum absolute atomic E-state index is 12.4. The molecule has 0 aliphatic carbocycles. The Kier molecular flexibility index (Phi) is 4.57. The van der Waals surface area contributed by atoms with Crippen LogP contribution in [0.15, 0.2) is 35.5 Å². The molecule has 2 rings (SSSR count). The Bertz CT molecular complexity index is 490. The van der Waals surface area contributed by atoms with E-state index in [1.165, 1.54) is 0 Å². The van der Waals surface area contributed by atoms with Crippen LogP contribution in [0, 0.1) is 0 Å². The Morgan fingerprint density at radius 2 is 2.20 bits per heavy atom. The van der Waals surface area contributed by atoms with Crippen molar-refractivity contribution in [2.45, 2.75) is 31.4 Å².